The van der Waals surface area contributed by atoms with Crippen LogP contribution in [0, 0.1) is 17.2 Å². The lowest BCUT2D eigenvalue weighted by atomic mass is 9.72. The highest BCUT2D eigenvalue weighted by Gasteiger charge is 2.41. The molecule has 3 aromatic carbocycles. The minimum atomic E-state index is -0.994. The maximum absolute atomic E-state index is 12.1. The fourth-order valence-electron chi connectivity index (χ4n) is 5.26. The SMILES string of the molecule is N#Cc1ccc(Cn2cncc2CN2CCC(C(O)(c3ccccc3)c3ccccc3)CC2)cc1. The molecule has 1 N–H and O–H groups in total. The number of hydrogen-bond acceptors (Lipinski definition) is 4. The summed E-state index contributed by atoms with van der Waals surface area (Å²) in [6.07, 6.45) is 5.66. The number of benzene rings is 3. The highest BCUT2D eigenvalue weighted by molar-refractivity contribution is 5.37. The third-order valence-corrected chi connectivity index (χ3v) is 7.23. The van der Waals surface area contributed by atoms with Gasteiger partial charge in [0, 0.05) is 19.3 Å². The Bertz CT molecular complexity index is 1230. The first kappa shape index (κ1) is 23.0. The highest BCUT2D eigenvalue weighted by atomic mass is 16.3. The zero-order chi connectivity index (χ0) is 24.1. The number of rotatable bonds is 7. The van der Waals surface area contributed by atoms with Crippen LogP contribution in [0.4, 0.5) is 0 Å². The van der Waals surface area contributed by atoms with E-state index in [4.69, 9.17) is 5.26 Å². The Morgan fingerprint density at radius 1 is 0.857 bits per heavy atom. The summed E-state index contributed by atoms with van der Waals surface area (Å²) in [6, 6.07) is 30.1. The molecule has 4 aromatic rings. The molecular weight excluding hydrogens is 432 g/mol. The third kappa shape index (κ3) is 4.90. The molecule has 0 bridgehead atoms. The van der Waals surface area contributed by atoms with Gasteiger partial charge in [0.1, 0.15) is 5.60 Å². The highest BCUT2D eigenvalue weighted by Crippen LogP contribution is 2.42. The van der Waals surface area contributed by atoms with E-state index in [1.54, 1.807) is 0 Å². The molecule has 0 saturated carbocycles. The first-order valence-electron chi connectivity index (χ1n) is 12.2. The van der Waals surface area contributed by atoms with Crippen molar-refractivity contribution in [1.82, 2.24) is 14.5 Å². The summed E-state index contributed by atoms with van der Waals surface area (Å²) in [5, 5.41) is 21.1. The number of nitrogens with zero attached hydrogens (tertiary/aromatic N) is 4. The smallest absolute Gasteiger partial charge is 0.117 e. The van der Waals surface area contributed by atoms with Crippen LogP contribution in [0.15, 0.2) is 97.5 Å². The van der Waals surface area contributed by atoms with Crippen molar-refractivity contribution in [2.45, 2.75) is 31.5 Å². The minimum Gasteiger partial charge on any atom is -0.380 e. The van der Waals surface area contributed by atoms with Crippen LogP contribution in [0.5, 0.6) is 0 Å². The lowest BCUT2D eigenvalue weighted by Gasteiger charge is -2.42. The molecule has 35 heavy (non-hydrogen) atoms. The Balaban J connectivity index is 1.28. The summed E-state index contributed by atoms with van der Waals surface area (Å²) in [4.78, 5) is 6.85. The Hall–Kier alpha value is -3.72. The van der Waals surface area contributed by atoms with E-state index < -0.39 is 5.60 Å². The molecule has 0 spiro atoms. The van der Waals surface area contributed by atoms with Gasteiger partial charge in [-0.15, -0.1) is 0 Å². The van der Waals surface area contributed by atoms with Gasteiger partial charge in [0.05, 0.1) is 23.7 Å². The van der Waals surface area contributed by atoms with Crippen LogP contribution in [-0.2, 0) is 18.7 Å². The number of aromatic nitrogens is 2. The molecule has 0 atom stereocenters. The lowest BCUT2D eigenvalue weighted by molar-refractivity contribution is -0.0155. The molecule has 176 valence electrons. The van der Waals surface area contributed by atoms with E-state index in [0.717, 1.165) is 55.7 Å². The van der Waals surface area contributed by atoms with Gasteiger partial charge in [-0.2, -0.15) is 5.26 Å². The zero-order valence-electron chi connectivity index (χ0n) is 19.8. The van der Waals surface area contributed by atoms with Gasteiger partial charge in [-0.1, -0.05) is 72.8 Å². The van der Waals surface area contributed by atoms with E-state index in [2.05, 4.69) is 20.5 Å². The largest absolute Gasteiger partial charge is 0.380 e. The third-order valence-electron chi connectivity index (χ3n) is 7.23. The first-order chi connectivity index (χ1) is 17.2. The second-order valence-electron chi connectivity index (χ2n) is 9.37. The zero-order valence-corrected chi connectivity index (χ0v) is 19.8. The van der Waals surface area contributed by atoms with Crippen LogP contribution < -0.4 is 0 Å². The fourth-order valence-corrected chi connectivity index (χ4v) is 5.26. The quantitative estimate of drug-likeness (QED) is 0.422. The number of nitriles is 1. The minimum absolute atomic E-state index is 0.145. The molecule has 5 nitrogen and oxygen atoms in total. The topological polar surface area (TPSA) is 65.1 Å². The molecule has 1 aliphatic rings. The van der Waals surface area contributed by atoms with Crippen molar-refractivity contribution in [3.05, 3.63) is 125 Å². The van der Waals surface area contributed by atoms with Crippen LogP contribution in [0.3, 0.4) is 0 Å². The molecule has 5 heteroatoms. The Morgan fingerprint density at radius 2 is 1.46 bits per heavy atom. The predicted octanol–water partition coefficient (Wildman–Crippen LogP) is 4.95. The number of imidazole rings is 1. The summed E-state index contributed by atoms with van der Waals surface area (Å²) in [6.45, 7) is 3.42. The van der Waals surface area contributed by atoms with Gasteiger partial charge < -0.3 is 9.67 Å². The van der Waals surface area contributed by atoms with Gasteiger partial charge >= 0.3 is 0 Å². The van der Waals surface area contributed by atoms with Crippen molar-refractivity contribution in [2.24, 2.45) is 5.92 Å². The van der Waals surface area contributed by atoms with Crippen LogP contribution >= 0.6 is 0 Å². The van der Waals surface area contributed by atoms with Crippen molar-refractivity contribution in [2.75, 3.05) is 13.1 Å². The van der Waals surface area contributed by atoms with Crippen LogP contribution in [-0.4, -0.2) is 32.6 Å². The Morgan fingerprint density at radius 3 is 2.03 bits per heavy atom. The van der Waals surface area contributed by atoms with Crippen LogP contribution in [0.25, 0.3) is 0 Å². The second-order valence-corrected chi connectivity index (χ2v) is 9.37. The normalized spacial score (nSPS) is 15.1. The lowest BCUT2D eigenvalue weighted by Crippen LogP contribution is -2.44. The number of likely N-dealkylation sites (tertiary alicyclic amines) is 1. The van der Waals surface area contributed by atoms with Crippen molar-refractivity contribution >= 4 is 0 Å². The maximum atomic E-state index is 12.1. The Labute approximate surface area is 206 Å². The fraction of sp³-hybridized carbons (Fsp3) is 0.267. The summed E-state index contributed by atoms with van der Waals surface area (Å²) in [5.41, 5.74) is 3.93. The monoisotopic (exact) mass is 462 g/mol. The molecule has 1 aliphatic heterocycles. The van der Waals surface area contributed by atoms with Gasteiger partial charge in [-0.05, 0) is 60.7 Å². The molecule has 0 aliphatic carbocycles. The predicted molar refractivity (Wildman–Crippen MR) is 136 cm³/mol. The molecule has 5 rings (SSSR count). The van der Waals surface area contributed by atoms with Crippen molar-refractivity contribution < 1.29 is 5.11 Å². The second kappa shape index (κ2) is 10.3. The number of piperidine rings is 1. The van der Waals surface area contributed by atoms with Gasteiger partial charge in [0.25, 0.3) is 0 Å². The van der Waals surface area contributed by atoms with Crippen LogP contribution in [0.2, 0.25) is 0 Å². The van der Waals surface area contributed by atoms with E-state index in [1.807, 2.05) is 97.5 Å². The summed E-state index contributed by atoms with van der Waals surface area (Å²) >= 11 is 0. The summed E-state index contributed by atoms with van der Waals surface area (Å²) in [5.74, 6) is 0.145. The van der Waals surface area contributed by atoms with Gasteiger partial charge in [0.2, 0.25) is 0 Å². The molecule has 1 fully saturated rings. The molecule has 0 amide bonds. The molecule has 0 unspecified atom stereocenters. The molecule has 1 saturated heterocycles. The molecular formula is C30H30N4O. The molecule has 2 heterocycles. The Kier molecular flexibility index (Phi) is 6.76. The van der Waals surface area contributed by atoms with Crippen molar-refractivity contribution in [3.63, 3.8) is 0 Å². The summed E-state index contributed by atoms with van der Waals surface area (Å²) in [7, 11) is 0. The van der Waals surface area contributed by atoms with Crippen molar-refractivity contribution in [1.29, 1.82) is 5.26 Å². The van der Waals surface area contributed by atoms with E-state index in [9.17, 15) is 5.11 Å². The van der Waals surface area contributed by atoms with Gasteiger partial charge in [0.15, 0.2) is 0 Å². The van der Waals surface area contributed by atoms with Crippen molar-refractivity contribution in [3.8, 4) is 6.07 Å². The maximum Gasteiger partial charge on any atom is 0.117 e. The standard InChI is InChI=1S/C30H30N4O/c31-19-24-11-13-25(14-12-24)21-34-23-32-20-29(34)22-33-17-15-28(16-18-33)30(35,26-7-3-1-4-8-26)27-9-5-2-6-10-27/h1-14,20,23,28,35H,15-18,21-22H2. The first-order valence-corrected chi connectivity index (χ1v) is 12.2. The average Bonchev–Trinajstić information content (AvgIpc) is 3.36. The van der Waals surface area contributed by atoms with Gasteiger partial charge in [-0.3, -0.25) is 4.90 Å². The molecule has 1 aromatic heterocycles. The van der Waals surface area contributed by atoms with E-state index >= 15 is 0 Å². The number of aliphatic hydroxyl groups is 1. The molecule has 0 radical (unpaired) electrons. The van der Waals surface area contributed by atoms with E-state index in [0.29, 0.717) is 5.56 Å². The van der Waals surface area contributed by atoms with E-state index in [-0.39, 0.29) is 5.92 Å². The average molecular weight is 463 g/mol. The van der Waals surface area contributed by atoms with Crippen LogP contribution in [0.1, 0.15) is 40.8 Å². The van der Waals surface area contributed by atoms with E-state index in [1.165, 1.54) is 5.69 Å². The van der Waals surface area contributed by atoms with Gasteiger partial charge in [-0.25, -0.2) is 4.98 Å². The number of hydrogen-bond donors (Lipinski definition) is 1. The summed E-state index contributed by atoms with van der Waals surface area (Å²) < 4.78 is 2.18.